The van der Waals surface area contributed by atoms with Gasteiger partial charge in [-0.25, -0.2) is 0 Å². The topological polar surface area (TPSA) is 54.0 Å². The minimum Gasteiger partial charge on any atom is -0.355 e. The Hall–Kier alpha value is -2.85. The molecule has 24 heavy (non-hydrogen) atoms. The van der Waals surface area contributed by atoms with E-state index in [9.17, 15) is 4.79 Å². The first kappa shape index (κ1) is 16.0. The number of rotatable bonds is 4. The zero-order valence-electron chi connectivity index (χ0n) is 13.1. The van der Waals surface area contributed by atoms with Crippen molar-refractivity contribution in [1.82, 2.24) is 4.98 Å². The number of aryl methyl sites for hydroxylation is 1. The van der Waals surface area contributed by atoms with Gasteiger partial charge in [-0.2, -0.15) is 0 Å². The molecule has 0 aliphatic heterocycles. The van der Waals surface area contributed by atoms with Gasteiger partial charge in [-0.15, -0.1) is 0 Å². The van der Waals surface area contributed by atoms with Gasteiger partial charge < -0.3 is 10.6 Å². The third kappa shape index (κ3) is 3.91. The van der Waals surface area contributed by atoms with Crippen LogP contribution >= 0.6 is 11.6 Å². The third-order valence-corrected chi connectivity index (χ3v) is 3.93. The van der Waals surface area contributed by atoms with E-state index < -0.39 is 0 Å². The second-order valence-electron chi connectivity index (χ2n) is 5.36. The van der Waals surface area contributed by atoms with E-state index >= 15 is 0 Å². The lowest BCUT2D eigenvalue weighted by molar-refractivity contribution is 0.102. The molecular weight excluding hydrogens is 322 g/mol. The lowest BCUT2D eigenvalue weighted by Gasteiger charge is -2.10. The molecule has 2 aromatic carbocycles. The second kappa shape index (κ2) is 7.15. The van der Waals surface area contributed by atoms with Gasteiger partial charge in [0.25, 0.3) is 5.91 Å². The molecule has 3 aromatic rings. The highest BCUT2D eigenvalue weighted by molar-refractivity contribution is 6.31. The van der Waals surface area contributed by atoms with Crippen molar-refractivity contribution >= 4 is 34.6 Å². The van der Waals surface area contributed by atoms with Crippen LogP contribution in [0.3, 0.4) is 0 Å². The molecule has 1 heterocycles. The van der Waals surface area contributed by atoms with Crippen molar-refractivity contribution in [2.75, 3.05) is 10.6 Å². The minimum absolute atomic E-state index is 0.186. The van der Waals surface area contributed by atoms with Crippen LogP contribution in [0, 0.1) is 6.92 Å². The molecule has 4 nitrogen and oxygen atoms in total. The molecule has 0 unspecified atom stereocenters. The van der Waals surface area contributed by atoms with Crippen LogP contribution in [-0.4, -0.2) is 10.9 Å². The van der Waals surface area contributed by atoms with Gasteiger partial charge in [0.05, 0.1) is 5.56 Å². The Balaban J connectivity index is 1.67. The van der Waals surface area contributed by atoms with Crippen molar-refractivity contribution in [2.45, 2.75) is 6.92 Å². The SMILES string of the molecule is Cc1ccc(Nc2ccc(NC(=O)c3cccnc3)cc2)cc1Cl. The number of carbonyl (C=O) groups excluding carboxylic acids is 1. The summed E-state index contributed by atoms with van der Waals surface area (Å²) in [7, 11) is 0. The van der Waals surface area contributed by atoms with Crippen LogP contribution in [0.1, 0.15) is 15.9 Å². The summed E-state index contributed by atoms with van der Waals surface area (Å²) in [6, 6.07) is 16.7. The van der Waals surface area contributed by atoms with Crippen LogP contribution in [0.15, 0.2) is 67.0 Å². The number of hydrogen-bond acceptors (Lipinski definition) is 3. The minimum atomic E-state index is -0.186. The van der Waals surface area contributed by atoms with Crippen molar-refractivity contribution in [1.29, 1.82) is 0 Å². The maximum absolute atomic E-state index is 12.1. The highest BCUT2D eigenvalue weighted by Gasteiger charge is 2.05. The van der Waals surface area contributed by atoms with E-state index in [0.717, 1.165) is 27.6 Å². The molecule has 5 heteroatoms. The number of nitrogens with one attached hydrogen (secondary N) is 2. The van der Waals surface area contributed by atoms with Crippen molar-refractivity contribution < 1.29 is 4.79 Å². The lowest BCUT2D eigenvalue weighted by atomic mass is 10.2. The fourth-order valence-corrected chi connectivity index (χ4v) is 2.36. The summed E-state index contributed by atoms with van der Waals surface area (Å²) in [4.78, 5) is 16.0. The standard InChI is InChI=1S/C19H16ClN3O/c1-13-4-5-17(11-18(13)20)22-15-6-8-16(9-7-15)23-19(24)14-3-2-10-21-12-14/h2-12,22H,1H3,(H,23,24). The number of hydrogen-bond donors (Lipinski definition) is 2. The van der Waals surface area contributed by atoms with Gasteiger partial charge in [-0.3, -0.25) is 9.78 Å². The maximum atomic E-state index is 12.1. The molecule has 120 valence electrons. The van der Waals surface area contributed by atoms with Crippen molar-refractivity contribution in [2.24, 2.45) is 0 Å². The van der Waals surface area contributed by atoms with Gasteiger partial charge in [-0.1, -0.05) is 17.7 Å². The van der Waals surface area contributed by atoms with Gasteiger partial charge >= 0.3 is 0 Å². The monoisotopic (exact) mass is 337 g/mol. The lowest BCUT2D eigenvalue weighted by Crippen LogP contribution is -2.11. The first-order chi connectivity index (χ1) is 11.6. The quantitative estimate of drug-likeness (QED) is 0.701. The fraction of sp³-hybridized carbons (Fsp3) is 0.0526. The summed E-state index contributed by atoms with van der Waals surface area (Å²) in [5.41, 5.74) is 4.10. The van der Waals surface area contributed by atoms with Crippen LogP contribution in [0.5, 0.6) is 0 Å². The molecule has 0 aliphatic carbocycles. The Bertz CT molecular complexity index is 848. The van der Waals surface area contributed by atoms with Gasteiger partial charge in [0, 0.05) is 34.5 Å². The van der Waals surface area contributed by atoms with Crippen LogP contribution in [0.2, 0.25) is 5.02 Å². The molecule has 0 fully saturated rings. The van der Waals surface area contributed by atoms with E-state index in [1.54, 1.807) is 18.3 Å². The summed E-state index contributed by atoms with van der Waals surface area (Å²) in [6.07, 6.45) is 3.17. The van der Waals surface area contributed by atoms with E-state index in [2.05, 4.69) is 15.6 Å². The molecular formula is C19H16ClN3O. The molecule has 0 bridgehead atoms. The van der Waals surface area contributed by atoms with Crippen LogP contribution < -0.4 is 10.6 Å². The van der Waals surface area contributed by atoms with E-state index in [1.807, 2.05) is 49.4 Å². The fourth-order valence-electron chi connectivity index (χ4n) is 2.17. The maximum Gasteiger partial charge on any atom is 0.257 e. The largest absolute Gasteiger partial charge is 0.355 e. The predicted octanol–water partition coefficient (Wildman–Crippen LogP) is 5.04. The Morgan fingerprint density at radius 3 is 2.38 bits per heavy atom. The predicted molar refractivity (Wildman–Crippen MR) is 98.1 cm³/mol. The highest BCUT2D eigenvalue weighted by atomic mass is 35.5. The molecule has 0 spiro atoms. The number of anilines is 3. The van der Waals surface area contributed by atoms with E-state index in [1.165, 1.54) is 6.20 Å². The van der Waals surface area contributed by atoms with Crippen LogP contribution in [0.4, 0.5) is 17.1 Å². The molecule has 1 aromatic heterocycles. The molecule has 2 N–H and O–H groups in total. The number of aromatic nitrogens is 1. The number of halogens is 1. The van der Waals surface area contributed by atoms with Gasteiger partial charge in [0.2, 0.25) is 0 Å². The number of nitrogens with zero attached hydrogens (tertiary/aromatic N) is 1. The molecule has 0 radical (unpaired) electrons. The number of pyridine rings is 1. The van der Waals surface area contributed by atoms with Gasteiger partial charge in [-0.05, 0) is 61.0 Å². The van der Waals surface area contributed by atoms with Gasteiger partial charge in [0.15, 0.2) is 0 Å². The van der Waals surface area contributed by atoms with Gasteiger partial charge in [0.1, 0.15) is 0 Å². The number of carbonyl (C=O) groups is 1. The molecule has 0 atom stereocenters. The Morgan fingerprint density at radius 2 is 1.71 bits per heavy atom. The second-order valence-corrected chi connectivity index (χ2v) is 5.77. The normalized spacial score (nSPS) is 10.2. The summed E-state index contributed by atoms with van der Waals surface area (Å²) in [5.74, 6) is -0.186. The molecule has 3 rings (SSSR count). The van der Waals surface area contributed by atoms with Crippen molar-refractivity contribution in [3.63, 3.8) is 0 Å². The average Bonchev–Trinajstić information content (AvgIpc) is 2.61. The van der Waals surface area contributed by atoms with Crippen molar-refractivity contribution in [3.05, 3.63) is 83.1 Å². The van der Waals surface area contributed by atoms with E-state index in [4.69, 9.17) is 11.6 Å². The Kier molecular flexibility index (Phi) is 4.77. The van der Waals surface area contributed by atoms with Crippen molar-refractivity contribution in [3.8, 4) is 0 Å². The van der Waals surface area contributed by atoms with E-state index in [-0.39, 0.29) is 5.91 Å². The summed E-state index contributed by atoms with van der Waals surface area (Å²) in [6.45, 7) is 1.96. The first-order valence-corrected chi connectivity index (χ1v) is 7.84. The molecule has 1 amide bonds. The third-order valence-electron chi connectivity index (χ3n) is 3.53. The first-order valence-electron chi connectivity index (χ1n) is 7.46. The molecule has 0 saturated heterocycles. The van der Waals surface area contributed by atoms with E-state index in [0.29, 0.717) is 5.56 Å². The molecule has 0 aliphatic rings. The summed E-state index contributed by atoms with van der Waals surface area (Å²) in [5, 5.41) is 6.84. The zero-order valence-corrected chi connectivity index (χ0v) is 13.8. The van der Waals surface area contributed by atoms with Crippen LogP contribution in [-0.2, 0) is 0 Å². The summed E-state index contributed by atoms with van der Waals surface area (Å²) >= 11 is 6.13. The number of amides is 1. The highest BCUT2D eigenvalue weighted by Crippen LogP contribution is 2.24. The molecule has 0 saturated carbocycles. The average molecular weight is 338 g/mol. The zero-order chi connectivity index (χ0) is 16.9. The Labute approximate surface area is 145 Å². The van der Waals surface area contributed by atoms with Crippen LogP contribution in [0.25, 0.3) is 0 Å². The summed E-state index contributed by atoms with van der Waals surface area (Å²) < 4.78 is 0. The Morgan fingerprint density at radius 1 is 1.00 bits per heavy atom. The smallest absolute Gasteiger partial charge is 0.257 e. The number of benzene rings is 2.